The summed E-state index contributed by atoms with van der Waals surface area (Å²) in [5, 5.41) is 0. The van der Waals surface area contributed by atoms with Crippen LogP contribution in [0.2, 0.25) is 0 Å². The molecule has 0 saturated heterocycles. The predicted octanol–water partition coefficient (Wildman–Crippen LogP) is 6.10. The number of likely N-dealkylation sites (N-methyl/N-ethyl adjacent to an activating group) is 1. The van der Waals surface area contributed by atoms with Gasteiger partial charge in [-0.25, -0.2) is 0 Å². The van der Waals surface area contributed by atoms with Crippen LogP contribution in [0.25, 0.3) is 0 Å². The molecule has 0 aliphatic carbocycles. The van der Waals surface area contributed by atoms with Crippen LogP contribution in [-0.2, 0) is 9.53 Å². The first-order chi connectivity index (χ1) is 12.2. The van der Waals surface area contributed by atoms with Gasteiger partial charge in [0, 0.05) is 13.0 Å². The zero-order valence-corrected chi connectivity index (χ0v) is 17.9. The number of rotatable bonds is 16. The molecule has 26 heavy (non-hydrogen) atoms. The largest absolute Gasteiger partial charge is 0.464 e. The number of ether oxygens (including phenoxy) is 1. The third kappa shape index (κ3) is 22.9. The van der Waals surface area contributed by atoms with Crippen molar-refractivity contribution >= 4 is 18.4 Å². The number of carbonyl (C=O) groups excluding carboxylic acids is 1. The molecule has 4 heteroatoms. The van der Waals surface area contributed by atoms with Crippen molar-refractivity contribution in [2.75, 3.05) is 27.2 Å². The molecule has 3 nitrogen and oxygen atoms in total. The van der Waals surface area contributed by atoms with Crippen LogP contribution < -0.4 is 0 Å². The van der Waals surface area contributed by atoms with Crippen molar-refractivity contribution in [2.45, 2.75) is 71.1 Å². The van der Waals surface area contributed by atoms with Crippen molar-refractivity contribution in [2.24, 2.45) is 0 Å². The zero-order valence-electron chi connectivity index (χ0n) is 17.1. The topological polar surface area (TPSA) is 29.5 Å². The monoisotopic (exact) mass is 385 g/mol. The first-order valence-electron chi connectivity index (χ1n) is 9.92. The van der Waals surface area contributed by atoms with Gasteiger partial charge in [0.2, 0.25) is 0 Å². The van der Waals surface area contributed by atoms with Crippen LogP contribution in [0.15, 0.2) is 36.5 Å². The van der Waals surface area contributed by atoms with Crippen molar-refractivity contribution in [3.05, 3.63) is 36.5 Å². The number of halogens is 1. The van der Waals surface area contributed by atoms with Crippen molar-refractivity contribution in [1.82, 2.24) is 4.90 Å². The Morgan fingerprint density at radius 2 is 1.42 bits per heavy atom. The fraction of sp³-hybridized carbons (Fsp3) is 0.682. The summed E-state index contributed by atoms with van der Waals surface area (Å²) in [6, 6.07) is 0. The molecule has 0 aliphatic heterocycles. The lowest BCUT2D eigenvalue weighted by molar-refractivity contribution is -0.144. The summed E-state index contributed by atoms with van der Waals surface area (Å²) in [6.45, 7) is 3.46. The Morgan fingerprint density at radius 3 is 2.08 bits per heavy atom. The highest BCUT2D eigenvalue weighted by molar-refractivity contribution is 5.85. The van der Waals surface area contributed by atoms with E-state index < -0.39 is 0 Å². The maximum absolute atomic E-state index is 11.5. The van der Waals surface area contributed by atoms with Crippen LogP contribution in [0.1, 0.15) is 71.1 Å². The average Bonchev–Trinajstić information content (AvgIpc) is 2.58. The molecule has 0 saturated carbocycles. The molecule has 0 atom stereocenters. The number of allylic oxidation sites excluding steroid dienone is 6. The summed E-state index contributed by atoms with van der Waals surface area (Å²) < 4.78 is 5.17. The standard InChI is InChI=1S/C22H39NO2.ClH/c1-4-5-6-7-8-9-10-11-12-13-14-15-16-17-18-19-22(24)25-21-20-23(2)3;/h5-6,8-9,11-12H,4,7,10,13-21H2,1-3H3;1H/b6-5-,9-8-,12-11-;. The number of unbranched alkanes of at least 4 members (excludes halogenated alkanes) is 5. The molecule has 0 spiro atoms. The molecule has 0 rings (SSSR count). The molecular weight excluding hydrogens is 346 g/mol. The number of hydrogen-bond donors (Lipinski definition) is 0. The second-order valence-corrected chi connectivity index (χ2v) is 6.62. The molecule has 0 radical (unpaired) electrons. The maximum atomic E-state index is 11.5. The Morgan fingerprint density at radius 1 is 0.846 bits per heavy atom. The zero-order chi connectivity index (χ0) is 18.6. The van der Waals surface area contributed by atoms with E-state index in [2.05, 4.69) is 43.4 Å². The number of carbonyl (C=O) groups is 1. The summed E-state index contributed by atoms with van der Waals surface area (Å²) in [6.07, 6.45) is 24.1. The van der Waals surface area contributed by atoms with Crippen LogP contribution in [0, 0.1) is 0 Å². The van der Waals surface area contributed by atoms with Gasteiger partial charge in [-0.1, -0.05) is 62.6 Å². The molecule has 0 aliphatic rings. The average molecular weight is 386 g/mol. The summed E-state index contributed by atoms with van der Waals surface area (Å²) in [7, 11) is 3.96. The normalized spacial score (nSPS) is 11.7. The van der Waals surface area contributed by atoms with Gasteiger partial charge in [-0.05, 0) is 52.6 Å². The third-order valence-electron chi connectivity index (χ3n) is 3.83. The Labute approximate surface area is 168 Å². The third-order valence-corrected chi connectivity index (χ3v) is 3.83. The highest BCUT2D eigenvalue weighted by atomic mass is 35.5. The summed E-state index contributed by atoms with van der Waals surface area (Å²) >= 11 is 0. The molecule has 0 aromatic rings. The van der Waals surface area contributed by atoms with Gasteiger partial charge in [-0.15, -0.1) is 12.4 Å². The lowest BCUT2D eigenvalue weighted by Crippen LogP contribution is -2.20. The molecular formula is C22H40ClNO2. The van der Waals surface area contributed by atoms with Crippen LogP contribution >= 0.6 is 12.4 Å². The van der Waals surface area contributed by atoms with Gasteiger partial charge in [-0.3, -0.25) is 4.79 Å². The fourth-order valence-electron chi connectivity index (χ4n) is 2.30. The van der Waals surface area contributed by atoms with Crippen molar-refractivity contribution in [3.63, 3.8) is 0 Å². The second kappa shape index (κ2) is 22.0. The minimum Gasteiger partial charge on any atom is -0.464 e. The van der Waals surface area contributed by atoms with Gasteiger partial charge in [0.05, 0.1) is 0 Å². The molecule has 0 fully saturated rings. The SMILES string of the molecule is CC/C=C\C/C=C\C/C=C\CCCCCCCC(=O)OCCN(C)C.Cl. The number of esters is 1. The Bertz CT molecular complexity index is 390. The molecule has 0 amide bonds. The summed E-state index contributed by atoms with van der Waals surface area (Å²) in [5.41, 5.74) is 0. The van der Waals surface area contributed by atoms with E-state index >= 15 is 0 Å². The predicted molar refractivity (Wildman–Crippen MR) is 116 cm³/mol. The lowest BCUT2D eigenvalue weighted by atomic mass is 10.1. The van der Waals surface area contributed by atoms with Crippen LogP contribution in [0.5, 0.6) is 0 Å². The van der Waals surface area contributed by atoms with Gasteiger partial charge in [-0.2, -0.15) is 0 Å². The highest BCUT2D eigenvalue weighted by Crippen LogP contribution is 2.08. The second-order valence-electron chi connectivity index (χ2n) is 6.62. The molecule has 0 N–H and O–H groups in total. The van der Waals surface area contributed by atoms with Gasteiger partial charge < -0.3 is 9.64 Å². The first-order valence-corrected chi connectivity index (χ1v) is 9.92. The van der Waals surface area contributed by atoms with E-state index in [1.54, 1.807) is 0 Å². The molecule has 0 bridgehead atoms. The smallest absolute Gasteiger partial charge is 0.305 e. The van der Waals surface area contributed by atoms with Crippen molar-refractivity contribution in [1.29, 1.82) is 0 Å². The maximum Gasteiger partial charge on any atom is 0.305 e. The van der Waals surface area contributed by atoms with E-state index in [0.717, 1.165) is 45.1 Å². The van der Waals surface area contributed by atoms with Gasteiger partial charge in [0.15, 0.2) is 0 Å². The van der Waals surface area contributed by atoms with Crippen molar-refractivity contribution < 1.29 is 9.53 Å². The van der Waals surface area contributed by atoms with Gasteiger partial charge in [0.25, 0.3) is 0 Å². The Hall–Kier alpha value is -1.06. The lowest BCUT2D eigenvalue weighted by Gasteiger charge is -2.09. The summed E-state index contributed by atoms with van der Waals surface area (Å²) in [4.78, 5) is 13.5. The highest BCUT2D eigenvalue weighted by Gasteiger charge is 2.02. The Kier molecular flexibility index (Phi) is 23.0. The molecule has 0 aromatic carbocycles. The minimum absolute atomic E-state index is 0. The summed E-state index contributed by atoms with van der Waals surface area (Å²) in [5.74, 6) is -0.0528. The minimum atomic E-state index is -0.0528. The van der Waals surface area contributed by atoms with E-state index in [4.69, 9.17) is 4.74 Å². The first kappa shape index (κ1) is 27.2. The number of hydrogen-bond acceptors (Lipinski definition) is 3. The van der Waals surface area contributed by atoms with Crippen LogP contribution in [0.4, 0.5) is 0 Å². The van der Waals surface area contributed by atoms with E-state index in [1.807, 2.05) is 19.0 Å². The van der Waals surface area contributed by atoms with Crippen molar-refractivity contribution in [3.8, 4) is 0 Å². The molecule has 0 aromatic heterocycles. The quantitative estimate of drug-likeness (QED) is 0.182. The molecule has 0 heterocycles. The van der Waals surface area contributed by atoms with E-state index in [9.17, 15) is 4.79 Å². The van der Waals surface area contributed by atoms with E-state index in [1.165, 1.54) is 19.3 Å². The van der Waals surface area contributed by atoms with E-state index in [0.29, 0.717) is 13.0 Å². The molecule has 152 valence electrons. The van der Waals surface area contributed by atoms with Crippen LogP contribution in [-0.4, -0.2) is 38.1 Å². The molecule has 0 unspecified atom stereocenters. The Balaban J connectivity index is 0. The van der Waals surface area contributed by atoms with E-state index in [-0.39, 0.29) is 18.4 Å². The number of nitrogens with zero attached hydrogens (tertiary/aromatic N) is 1. The fourth-order valence-corrected chi connectivity index (χ4v) is 2.30. The van der Waals surface area contributed by atoms with Crippen LogP contribution in [0.3, 0.4) is 0 Å². The van der Waals surface area contributed by atoms with Gasteiger partial charge in [0.1, 0.15) is 6.61 Å². The van der Waals surface area contributed by atoms with Gasteiger partial charge >= 0.3 is 5.97 Å².